The molecule has 8 heteroatoms. The van der Waals surface area contributed by atoms with Gasteiger partial charge in [0.15, 0.2) is 0 Å². The fraction of sp³-hybridized carbons (Fsp3) is 0.143. The molecule has 1 atom stereocenters. The molecule has 2 heterocycles. The number of aromatic nitrogens is 1. The Morgan fingerprint density at radius 3 is 2.61 bits per heavy atom. The Morgan fingerprint density at radius 1 is 1.11 bits per heavy atom. The van der Waals surface area contributed by atoms with Crippen molar-refractivity contribution in [2.24, 2.45) is 0 Å². The number of aliphatic hydroxyl groups excluding tert-OH is 1. The summed E-state index contributed by atoms with van der Waals surface area (Å²) in [5.41, 5.74) is 3.15. The third kappa shape index (κ3) is 4.40. The summed E-state index contributed by atoms with van der Waals surface area (Å²) < 4.78 is 6.17. The largest absolute Gasteiger partial charge is 0.507 e. The van der Waals surface area contributed by atoms with Crippen LogP contribution in [0.2, 0.25) is 5.02 Å². The maximum absolute atomic E-state index is 13.3. The summed E-state index contributed by atoms with van der Waals surface area (Å²) in [7, 11) is 1.62. The van der Waals surface area contributed by atoms with E-state index in [-0.39, 0.29) is 17.9 Å². The monoisotopic (exact) mass is 564 g/mol. The predicted molar refractivity (Wildman–Crippen MR) is 143 cm³/mol. The van der Waals surface area contributed by atoms with E-state index in [2.05, 4.69) is 20.9 Å². The van der Waals surface area contributed by atoms with Crippen molar-refractivity contribution in [3.8, 4) is 5.75 Å². The van der Waals surface area contributed by atoms with Crippen LogP contribution < -0.4 is 4.74 Å². The number of carbonyl (C=O) groups is 2. The first-order valence-corrected chi connectivity index (χ1v) is 12.5. The van der Waals surface area contributed by atoms with Gasteiger partial charge in [-0.3, -0.25) is 9.59 Å². The minimum Gasteiger partial charge on any atom is -0.507 e. The Kier molecular flexibility index (Phi) is 6.60. The minimum absolute atomic E-state index is 0.0565. The van der Waals surface area contributed by atoms with Crippen LogP contribution in [0.25, 0.3) is 16.7 Å². The second kappa shape index (κ2) is 9.84. The van der Waals surface area contributed by atoms with Crippen molar-refractivity contribution in [3.63, 3.8) is 0 Å². The number of amides is 1. The fourth-order valence-electron chi connectivity index (χ4n) is 4.63. The summed E-state index contributed by atoms with van der Waals surface area (Å²) in [6.07, 6.45) is 2.41. The molecule has 0 aliphatic carbocycles. The van der Waals surface area contributed by atoms with Crippen LogP contribution in [0, 0.1) is 0 Å². The van der Waals surface area contributed by atoms with Gasteiger partial charge in [0.1, 0.15) is 11.5 Å². The molecule has 0 bridgehead atoms. The van der Waals surface area contributed by atoms with Crippen molar-refractivity contribution >= 4 is 55.9 Å². The summed E-state index contributed by atoms with van der Waals surface area (Å²) in [5, 5.41) is 12.7. The third-order valence-corrected chi connectivity index (χ3v) is 7.16. The van der Waals surface area contributed by atoms with Crippen LogP contribution in [0.1, 0.15) is 22.7 Å². The zero-order chi connectivity index (χ0) is 25.4. The van der Waals surface area contributed by atoms with Crippen molar-refractivity contribution in [1.29, 1.82) is 0 Å². The number of rotatable bonds is 6. The number of Topliss-reactive ketones (excluding diaryl/α,β-unsaturated/α-hetero) is 1. The number of benzene rings is 3. The molecule has 1 aliphatic heterocycles. The van der Waals surface area contributed by atoms with Crippen LogP contribution in [-0.4, -0.2) is 40.3 Å². The summed E-state index contributed by atoms with van der Waals surface area (Å²) in [4.78, 5) is 31.3. The molecule has 1 amide bonds. The van der Waals surface area contributed by atoms with Crippen LogP contribution in [0.5, 0.6) is 5.75 Å². The number of nitrogens with zero attached hydrogens (tertiary/aromatic N) is 1. The molecule has 4 aromatic rings. The molecule has 6 nitrogen and oxygen atoms in total. The zero-order valence-electron chi connectivity index (χ0n) is 19.3. The summed E-state index contributed by atoms with van der Waals surface area (Å²) in [6, 6.07) is 19.0. The normalized spacial score (nSPS) is 17.2. The Bertz CT molecular complexity index is 1510. The Labute approximate surface area is 221 Å². The lowest BCUT2D eigenvalue weighted by molar-refractivity contribution is -0.139. The second-order valence-electron chi connectivity index (χ2n) is 8.53. The van der Waals surface area contributed by atoms with Gasteiger partial charge in [0, 0.05) is 38.7 Å². The van der Waals surface area contributed by atoms with Gasteiger partial charge in [-0.1, -0.05) is 39.7 Å². The van der Waals surface area contributed by atoms with Crippen molar-refractivity contribution in [1.82, 2.24) is 9.88 Å². The lowest BCUT2D eigenvalue weighted by atomic mass is 9.95. The molecular weight excluding hydrogens is 544 g/mol. The van der Waals surface area contributed by atoms with E-state index >= 15 is 0 Å². The number of halogens is 2. The molecule has 182 valence electrons. The van der Waals surface area contributed by atoms with Crippen molar-refractivity contribution in [2.45, 2.75) is 12.5 Å². The first kappa shape index (κ1) is 24.2. The Hall–Kier alpha value is -3.55. The molecule has 2 N–H and O–H groups in total. The average molecular weight is 566 g/mol. The molecule has 0 spiro atoms. The van der Waals surface area contributed by atoms with Crippen LogP contribution in [0.3, 0.4) is 0 Å². The van der Waals surface area contributed by atoms with Gasteiger partial charge < -0.3 is 19.7 Å². The number of fused-ring (bicyclic) bond motifs is 1. The first-order valence-electron chi connectivity index (χ1n) is 11.3. The van der Waals surface area contributed by atoms with Gasteiger partial charge in [0.05, 0.1) is 18.7 Å². The van der Waals surface area contributed by atoms with E-state index in [1.807, 2.05) is 48.7 Å². The van der Waals surface area contributed by atoms with E-state index in [9.17, 15) is 14.7 Å². The molecule has 1 unspecified atom stereocenters. The molecule has 0 radical (unpaired) electrons. The van der Waals surface area contributed by atoms with E-state index < -0.39 is 17.7 Å². The maximum Gasteiger partial charge on any atom is 0.295 e. The number of H-pyrrole nitrogens is 1. The highest BCUT2D eigenvalue weighted by atomic mass is 79.9. The number of ether oxygens (including phenoxy) is 1. The standard InChI is InChI=1S/C28H22BrClN2O4/c1-36-21-9-10-23-22(14-21)18(15-31-23)11-12-32-25(17-3-2-4-19(29)13-17)24(27(34)28(32)35)26(33)16-5-7-20(30)8-6-16/h2-10,13-15,25,31,33H,11-12H2,1H3/b26-24-. The quantitative estimate of drug-likeness (QED) is 0.164. The SMILES string of the molecule is COc1ccc2[nH]cc(CCN3C(=O)C(=O)/C(=C(\O)c4ccc(Cl)cc4)C3c3cccc(Br)c3)c2c1. The van der Waals surface area contributed by atoms with Crippen molar-refractivity contribution < 1.29 is 19.4 Å². The number of ketones is 1. The topological polar surface area (TPSA) is 82.6 Å². The number of aliphatic hydroxyl groups is 1. The van der Waals surface area contributed by atoms with Gasteiger partial charge in [0.2, 0.25) is 0 Å². The minimum atomic E-state index is -0.738. The Balaban J connectivity index is 1.56. The molecule has 0 saturated carbocycles. The van der Waals surface area contributed by atoms with E-state index in [0.29, 0.717) is 17.0 Å². The highest BCUT2D eigenvalue weighted by molar-refractivity contribution is 9.10. The molecule has 1 fully saturated rings. The van der Waals surface area contributed by atoms with Crippen LogP contribution in [-0.2, 0) is 16.0 Å². The van der Waals surface area contributed by atoms with E-state index in [0.717, 1.165) is 32.3 Å². The Morgan fingerprint density at radius 2 is 1.89 bits per heavy atom. The van der Waals surface area contributed by atoms with Gasteiger partial charge in [0.25, 0.3) is 11.7 Å². The van der Waals surface area contributed by atoms with Gasteiger partial charge in [-0.05, 0) is 72.1 Å². The number of methoxy groups -OCH3 is 1. The number of nitrogens with one attached hydrogen (secondary N) is 1. The average Bonchev–Trinajstić information content (AvgIpc) is 3.40. The predicted octanol–water partition coefficient (Wildman–Crippen LogP) is 6.26. The maximum atomic E-state index is 13.3. The van der Waals surface area contributed by atoms with E-state index in [1.165, 1.54) is 4.90 Å². The summed E-state index contributed by atoms with van der Waals surface area (Å²) in [6.45, 7) is 0.281. The molecule has 1 aliphatic rings. The van der Waals surface area contributed by atoms with Crippen LogP contribution in [0.4, 0.5) is 0 Å². The highest BCUT2D eigenvalue weighted by Crippen LogP contribution is 2.40. The molecular formula is C28H22BrClN2O4. The third-order valence-electron chi connectivity index (χ3n) is 6.42. The smallest absolute Gasteiger partial charge is 0.295 e. The molecule has 3 aromatic carbocycles. The number of hydrogen-bond donors (Lipinski definition) is 2. The lowest BCUT2D eigenvalue weighted by Crippen LogP contribution is -2.31. The number of aromatic amines is 1. The summed E-state index contributed by atoms with van der Waals surface area (Å²) >= 11 is 9.48. The molecule has 1 aromatic heterocycles. The zero-order valence-corrected chi connectivity index (χ0v) is 21.6. The number of carbonyl (C=O) groups excluding carboxylic acids is 2. The summed E-state index contributed by atoms with van der Waals surface area (Å²) in [5.74, 6) is -0.851. The van der Waals surface area contributed by atoms with E-state index in [1.54, 1.807) is 31.4 Å². The van der Waals surface area contributed by atoms with Gasteiger partial charge in [-0.15, -0.1) is 0 Å². The lowest BCUT2D eigenvalue weighted by Gasteiger charge is -2.25. The van der Waals surface area contributed by atoms with Gasteiger partial charge >= 0.3 is 0 Å². The number of likely N-dealkylation sites (tertiary alicyclic amines) is 1. The van der Waals surface area contributed by atoms with Crippen molar-refractivity contribution in [2.75, 3.05) is 13.7 Å². The second-order valence-corrected chi connectivity index (χ2v) is 9.88. The molecule has 5 rings (SSSR count). The molecule has 36 heavy (non-hydrogen) atoms. The van der Waals surface area contributed by atoms with Gasteiger partial charge in [-0.2, -0.15) is 0 Å². The van der Waals surface area contributed by atoms with Crippen LogP contribution in [0.15, 0.2) is 83.0 Å². The number of hydrogen-bond acceptors (Lipinski definition) is 4. The van der Waals surface area contributed by atoms with Crippen molar-refractivity contribution in [3.05, 3.63) is 105 Å². The first-order chi connectivity index (χ1) is 17.4. The highest BCUT2D eigenvalue weighted by Gasteiger charge is 2.45. The van der Waals surface area contributed by atoms with Gasteiger partial charge in [-0.25, -0.2) is 0 Å². The fourth-order valence-corrected chi connectivity index (χ4v) is 5.17. The van der Waals surface area contributed by atoms with E-state index in [4.69, 9.17) is 16.3 Å². The van der Waals surface area contributed by atoms with Crippen LogP contribution >= 0.6 is 27.5 Å². The molecule has 1 saturated heterocycles.